The standard InChI is InChI=1S/C32H43N7O/c1-3-8-30-28(4-2)26(21-37-30)14-16-38-17-18-39(27(22-38)11-7-15-36-32(34)35)31(40)29(33)20-23-12-13-24-9-5-6-10-25(24)19-23/h3-6,8-10,12-13,19,21,27,29,37H,2,7,11,14-18,20,22,33H2,1H3,(H4,34,35,36)/b8-3-/t27?,29-/m1/s1. The van der Waals surface area contributed by atoms with Gasteiger partial charge < -0.3 is 27.1 Å². The van der Waals surface area contributed by atoms with Crippen LogP contribution in [0.2, 0.25) is 0 Å². The monoisotopic (exact) mass is 541 g/mol. The number of aromatic nitrogens is 1. The molecule has 3 aromatic rings. The third-order valence-electron chi connectivity index (χ3n) is 7.70. The van der Waals surface area contributed by atoms with Crippen LogP contribution in [0, 0.1) is 0 Å². The third-order valence-corrected chi connectivity index (χ3v) is 7.70. The van der Waals surface area contributed by atoms with E-state index in [0.29, 0.717) is 19.5 Å². The molecule has 2 aromatic carbocycles. The topological polar surface area (TPSA) is 130 Å². The summed E-state index contributed by atoms with van der Waals surface area (Å²) in [5.41, 5.74) is 22.1. The molecule has 0 radical (unpaired) electrons. The molecule has 1 aliphatic heterocycles. The number of carbonyl (C=O) groups is 1. The number of fused-ring (bicyclic) bond motifs is 1. The number of nitrogens with two attached hydrogens (primary N) is 3. The van der Waals surface area contributed by atoms with Gasteiger partial charge in [-0.15, -0.1) is 0 Å². The fourth-order valence-electron chi connectivity index (χ4n) is 5.64. The summed E-state index contributed by atoms with van der Waals surface area (Å²) in [4.78, 5) is 25.6. The summed E-state index contributed by atoms with van der Waals surface area (Å²) >= 11 is 0. The van der Waals surface area contributed by atoms with Crippen LogP contribution in [0.1, 0.15) is 42.1 Å². The number of benzene rings is 2. The van der Waals surface area contributed by atoms with E-state index in [0.717, 1.165) is 61.1 Å². The van der Waals surface area contributed by atoms with Crippen LogP contribution in [0.4, 0.5) is 0 Å². The van der Waals surface area contributed by atoms with Crippen molar-refractivity contribution >= 4 is 34.8 Å². The van der Waals surface area contributed by atoms with E-state index in [1.54, 1.807) is 0 Å². The Kier molecular flexibility index (Phi) is 10.2. The maximum absolute atomic E-state index is 13.6. The number of allylic oxidation sites excluding steroid dienone is 1. The predicted molar refractivity (Wildman–Crippen MR) is 167 cm³/mol. The molecular weight excluding hydrogens is 498 g/mol. The Bertz CT molecular complexity index is 1350. The normalized spacial score (nSPS) is 16.9. The van der Waals surface area contributed by atoms with Crippen molar-refractivity contribution < 1.29 is 4.79 Å². The Hall–Kier alpha value is -3.88. The average Bonchev–Trinajstić information content (AvgIpc) is 3.35. The molecule has 0 bridgehead atoms. The van der Waals surface area contributed by atoms with Gasteiger partial charge in [0, 0.05) is 56.2 Å². The molecule has 212 valence electrons. The first-order chi connectivity index (χ1) is 19.4. The van der Waals surface area contributed by atoms with Crippen LogP contribution < -0.4 is 17.2 Å². The highest BCUT2D eigenvalue weighted by molar-refractivity contribution is 5.85. The van der Waals surface area contributed by atoms with Crippen molar-refractivity contribution in [1.29, 1.82) is 0 Å². The minimum atomic E-state index is -0.590. The number of nitrogens with one attached hydrogen (secondary N) is 1. The van der Waals surface area contributed by atoms with Gasteiger partial charge in [-0.3, -0.25) is 14.7 Å². The molecule has 1 aliphatic rings. The maximum atomic E-state index is 13.6. The van der Waals surface area contributed by atoms with Gasteiger partial charge in [0.1, 0.15) is 0 Å². The van der Waals surface area contributed by atoms with Gasteiger partial charge in [-0.1, -0.05) is 61.2 Å². The van der Waals surface area contributed by atoms with Crippen molar-refractivity contribution in [3.8, 4) is 0 Å². The number of nitrogens with zero attached hydrogens (tertiary/aromatic N) is 3. The summed E-state index contributed by atoms with van der Waals surface area (Å²) in [5, 5.41) is 2.34. The number of hydrogen-bond donors (Lipinski definition) is 4. The molecular formula is C32H43N7O. The van der Waals surface area contributed by atoms with Gasteiger partial charge >= 0.3 is 0 Å². The highest BCUT2D eigenvalue weighted by atomic mass is 16.2. The van der Waals surface area contributed by atoms with Crippen molar-refractivity contribution in [3.05, 3.63) is 83.7 Å². The van der Waals surface area contributed by atoms with Crippen molar-refractivity contribution in [3.63, 3.8) is 0 Å². The first kappa shape index (κ1) is 29.1. The van der Waals surface area contributed by atoms with Crippen molar-refractivity contribution in [2.45, 2.75) is 44.7 Å². The lowest BCUT2D eigenvalue weighted by molar-refractivity contribution is -0.137. The fraction of sp³-hybridized carbons (Fsp3) is 0.375. The summed E-state index contributed by atoms with van der Waals surface area (Å²) in [6.45, 7) is 9.73. The van der Waals surface area contributed by atoms with Crippen LogP contribution >= 0.6 is 0 Å². The second kappa shape index (κ2) is 14.0. The number of H-pyrrole nitrogens is 1. The number of aliphatic imine (C=N–C) groups is 1. The van der Waals surface area contributed by atoms with E-state index in [4.69, 9.17) is 17.2 Å². The molecule has 2 atom stereocenters. The summed E-state index contributed by atoms with van der Waals surface area (Å²) < 4.78 is 0. The molecule has 0 aliphatic carbocycles. The van der Waals surface area contributed by atoms with E-state index in [-0.39, 0.29) is 17.9 Å². The molecule has 1 amide bonds. The smallest absolute Gasteiger partial charge is 0.240 e. The van der Waals surface area contributed by atoms with Gasteiger partial charge in [-0.25, -0.2) is 0 Å². The Balaban J connectivity index is 1.41. The van der Waals surface area contributed by atoms with E-state index in [9.17, 15) is 4.79 Å². The molecule has 8 nitrogen and oxygen atoms in total. The first-order valence-corrected chi connectivity index (χ1v) is 14.2. The van der Waals surface area contributed by atoms with Crippen LogP contribution in [-0.4, -0.2) is 71.5 Å². The molecule has 8 heteroatoms. The predicted octanol–water partition coefficient (Wildman–Crippen LogP) is 3.52. The number of hydrogen-bond acceptors (Lipinski definition) is 4. The SMILES string of the molecule is C=Cc1c(CCN2CCN(C(=O)[C@H](N)Cc3ccc4ccccc4c3)C(CCCN=C(N)N)C2)c[nH]c1/C=C\C. The van der Waals surface area contributed by atoms with Crippen LogP contribution in [0.5, 0.6) is 0 Å². The van der Waals surface area contributed by atoms with Crippen molar-refractivity contribution in [2.24, 2.45) is 22.2 Å². The molecule has 2 heterocycles. The van der Waals surface area contributed by atoms with Crippen LogP contribution in [0.25, 0.3) is 22.9 Å². The maximum Gasteiger partial charge on any atom is 0.240 e. The minimum absolute atomic E-state index is 0.00946. The quantitative estimate of drug-likeness (QED) is 0.158. The van der Waals surface area contributed by atoms with Gasteiger partial charge in [-0.05, 0) is 60.6 Å². The summed E-state index contributed by atoms with van der Waals surface area (Å²) in [7, 11) is 0. The minimum Gasteiger partial charge on any atom is -0.370 e. The lowest BCUT2D eigenvalue weighted by Gasteiger charge is -2.42. The Morgan fingerprint density at radius 2 is 2.00 bits per heavy atom. The Labute approximate surface area is 237 Å². The zero-order valence-corrected chi connectivity index (χ0v) is 23.6. The van der Waals surface area contributed by atoms with E-state index in [1.807, 2.05) is 36.1 Å². The number of aromatic amines is 1. The number of amides is 1. The van der Waals surface area contributed by atoms with Crippen molar-refractivity contribution in [1.82, 2.24) is 14.8 Å². The Morgan fingerprint density at radius 3 is 2.75 bits per heavy atom. The zero-order valence-electron chi connectivity index (χ0n) is 23.6. The number of carbonyl (C=O) groups excluding carboxylic acids is 1. The van der Waals surface area contributed by atoms with E-state index in [2.05, 4.69) is 64.1 Å². The number of rotatable bonds is 12. The lowest BCUT2D eigenvalue weighted by atomic mass is 9.99. The average molecular weight is 542 g/mol. The van der Waals surface area contributed by atoms with Gasteiger partial charge in [0.2, 0.25) is 5.91 Å². The van der Waals surface area contributed by atoms with Crippen LogP contribution in [0.3, 0.4) is 0 Å². The molecule has 0 saturated carbocycles. The van der Waals surface area contributed by atoms with Crippen LogP contribution in [0.15, 0.2) is 66.3 Å². The fourth-order valence-corrected chi connectivity index (χ4v) is 5.64. The second-order valence-corrected chi connectivity index (χ2v) is 10.5. The molecule has 1 unspecified atom stereocenters. The third kappa shape index (κ3) is 7.40. The van der Waals surface area contributed by atoms with E-state index < -0.39 is 6.04 Å². The van der Waals surface area contributed by atoms with Gasteiger partial charge in [0.15, 0.2) is 5.96 Å². The Morgan fingerprint density at radius 1 is 1.20 bits per heavy atom. The van der Waals surface area contributed by atoms with Gasteiger partial charge in [0.05, 0.1) is 6.04 Å². The number of guanidine groups is 1. The molecule has 7 N–H and O–H groups in total. The summed E-state index contributed by atoms with van der Waals surface area (Å²) in [5.74, 6) is 0.104. The molecule has 1 fully saturated rings. The first-order valence-electron chi connectivity index (χ1n) is 14.2. The van der Waals surface area contributed by atoms with Crippen LogP contribution in [-0.2, 0) is 17.6 Å². The van der Waals surface area contributed by atoms with E-state index in [1.165, 1.54) is 10.9 Å². The zero-order chi connectivity index (χ0) is 28.5. The number of piperazine rings is 1. The largest absolute Gasteiger partial charge is 0.370 e. The second-order valence-electron chi connectivity index (χ2n) is 10.5. The highest BCUT2D eigenvalue weighted by Gasteiger charge is 2.32. The van der Waals surface area contributed by atoms with Gasteiger partial charge in [-0.2, -0.15) is 0 Å². The summed E-state index contributed by atoms with van der Waals surface area (Å²) in [6.07, 6.45) is 11.1. The molecule has 1 saturated heterocycles. The summed E-state index contributed by atoms with van der Waals surface area (Å²) in [6, 6.07) is 14.0. The van der Waals surface area contributed by atoms with Crippen molar-refractivity contribution in [2.75, 3.05) is 32.7 Å². The molecule has 40 heavy (non-hydrogen) atoms. The molecule has 4 rings (SSSR count). The lowest BCUT2D eigenvalue weighted by Crippen LogP contribution is -2.59. The molecule has 1 aromatic heterocycles. The highest BCUT2D eigenvalue weighted by Crippen LogP contribution is 2.22. The molecule has 0 spiro atoms. The van der Waals surface area contributed by atoms with E-state index >= 15 is 0 Å². The van der Waals surface area contributed by atoms with Gasteiger partial charge in [0.25, 0.3) is 0 Å².